The van der Waals surface area contributed by atoms with Crippen molar-refractivity contribution >= 4 is 54.8 Å². The van der Waals surface area contributed by atoms with Gasteiger partial charge in [0.2, 0.25) is 0 Å². The predicted octanol–water partition coefficient (Wildman–Crippen LogP) is 7.72. The minimum absolute atomic E-state index is 0.242. The topological polar surface area (TPSA) is 46.0 Å². The highest BCUT2D eigenvalue weighted by Gasteiger charge is 2.20. The molecule has 0 aliphatic rings. The lowest BCUT2D eigenvalue weighted by Crippen LogP contribution is -1.86. The lowest BCUT2D eigenvalue weighted by Gasteiger charge is -2.07. The van der Waals surface area contributed by atoms with Gasteiger partial charge < -0.3 is 5.11 Å². The molecule has 3 aromatic heterocycles. The van der Waals surface area contributed by atoms with Gasteiger partial charge in [-0.3, -0.25) is 0 Å². The Labute approximate surface area is 181 Å². The van der Waals surface area contributed by atoms with Crippen LogP contribution in [0, 0.1) is 0 Å². The number of hydrogen-bond acceptors (Lipinski definition) is 5. The highest BCUT2D eigenvalue weighted by molar-refractivity contribution is 7.22. The molecule has 0 fully saturated rings. The summed E-state index contributed by atoms with van der Waals surface area (Å²) in [7, 11) is 0. The fourth-order valence-corrected chi connectivity index (χ4v) is 5.67. The fraction of sp³-hybridized carbons (Fsp3) is 0.130. The highest BCUT2D eigenvalue weighted by atomic mass is 35.5. The molecular weight excluding hydrogens is 420 g/mol. The second-order valence-electron chi connectivity index (χ2n) is 7.21. The highest BCUT2D eigenvalue weighted by Crippen LogP contribution is 2.44. The van der Waals surface area contributed by atoms with Crippen molar-refractivity contribution in [2.24, 2.45) is 0 Å². The molecule has 5 aromatic rings. The van der Waals surface area contributed by atoms with Gasteiger partial charge in [0, 0.05) is 32.0 Å². The number of aromatic hydroxyl groups is 1. The number of aromatic nitrogens is 2. The van der Waals surface area contributed by atoms with Crippen molar-refractivity contribution in [3.8, 4) is 27.4 Å². The molecule has 2 aromatic carbocycles. The molecule has 6 heteroatoms. The Morgan fingerprint density at radius 3 is 2.41 bits per heavy atom. The second-order valence-corrected chi connectivity index (χ2v) is 9.66. The van der Waals surface area contributed by atoms with Gasteiger partial charge in [0.05, 0.1) is 0 Å². The Balaban J connectivity index is 1.84. The molecule has 1 N–H and O–H groups in total. The van der Waals surface area contributed by atoms with Crippen molar-refractivity contribution in [2.45, 2.75) is 19.8 Å². The summed E-state index contributed by atoms with van der Waals surface area (Å²) in [5.74, 6) is 0.679. The number of benzene rings is 2. The maximum Gasteiger partial charge on any atom is 0.146 e. The van der Waals surface area contributed by atoms with Crippen LogP contribution in [0.1, 0.15) is 24.6 Å². The molecule has 0 amide bonds. The van der Waals surface area contributed by atoms with Gasteiger partial charge in [-0.25, -0.2) is 9.97 Å². The second kappa shape index (κ2) is 7.10. The van der Waals surface area contributed by atoms with E-state index in [2.05, 4.69) is 19.9 Å². The van der Waals surface area contributed by atoms with Crippen molar-refractivity contribution in [3.63, 3.8) is 0 Å². The summed E-state index contributed by atoms with van der Waals surface area (Å²) in [6.45, 7) is 4.40. The number of phenols is 1. The van der Waals surface area contributed by atoms with Crippen LogP contribution in [-0.2, 0) is 0 Å². The van der Waals surface area contributed by atoms with Crippen LogP contribution in [0.15, 0.2) is 54.6 Å². The van der Waals surface area contributed by atoms with E-state index in [1.165, 1.54) is 4.88 Å². The number of phenolic OH excluding ortho intramolecular Hbond substituents is 1. The van der Waals surface area contributed by atoms with Gasteiger partial charge in [-0.1, -0.05) is 55.0 Å². The first kappa shape index (κ1) is 18.6. The first-order chi connectivity index (χ1) is 14.0. The molecule has 0 aliphatic carbocycles. The largest absolute Gasteiger partial charge is 0.508 e. The van der Waals surface area contributed by atoms with Crippen LogP contribution in [0.4, 0.5) is 0 Å². The van der Waals surface area contributed by atoms with Gasteiger partial charge >= 0.3 is 0 Å². The zero-order chi connectivity index (χ0) is 20.1. The molecule has 0 unspecified atom stereocenters. The Kier molecular flexibility index (Phi) is 4.54. The van der Waals surface area contributed by atoms with Gasteiger partial charge in [0.15, 0.2) is 0 Å². The molecule has 0 aliphatic heterocycles. The zero-order valence-electron chi connectivity index (χ0n) is 15.8. The van der Waals surface area contributed by atoms with E-state index in [4.69, 9.17) is 21.6 Å². The van der Waals surface area contributed by atoms with Crippen molar-refractivity contribution in [2.75, 3.05) is 0 Å². The van der Waals surface area contributed by atoms with Crippen molar-refractivity contribution in [1.82, 2.24) is 9.97 Å². The monoisotopic (exact) mass is 436 g/mol. The van der Waals surface area contributed by atoms with E-state index >= 15 is 0 Å². The van der Waals surface area contributed by atoms with Gasteiger partial charge in [0.25, 0.3) is 0 Å². The molecule has 29 heavy (non-hydrogen) atoms. The average molecular weight is 437 g/mol. The van der Waals surface area contributed by atoms with E-state index in [0.29, 0.717) is 10.9 Å². The van der Waals surface area contributed by atoms with Crippen LogP contribution in [0.2, 0.25) is 5.02 Å². The molecule has 0 radical (unpaired) electrons. The number of hydrogen-bond donors (Lipinski definition) is 1. The maximum atomic E-state index is 9.60. The number of thiophene rings is 1. The molecule has 0 bridgehead atoms. The minimum atomic E-state index is 0.242. The molecular formula is C23H17ClN2OS2. The summed E-state index contributed by atoms with van der Waals surface area (Å²) >= 11 is 9.90. The number of rotatable bonds is 3. The summed E-state index contributed by atoms with van der Waals surface area (Å²) in [6.07, 6.45) is 0. The molecule has 5 rings (SSSR count). The van der Waals surface area contributed by atoms with Gasteiger partial charge in [-0.05, 0) is 42.3 Å². The number of nitrogens with zero attached hydrogens (tertiary/aromatic N) is 2. The van der Waals surface area contributed by atoms with Crippen LogP contribution < -0.4 is 0 Å². The smallest absolute Gasteiger partial charge is 0.146 e. The van der Waals surface area contributed by atoms with E-state index in [-0.39, 0.29) is 5.75 Å². The van der Waals surface area contributed by atoms with Gasteiger partial charge in [0.1, 0.15) is 25.9 Å². The quantitative estimate of drug-likeness (QED) is 0.315. The number of pyridine rings is 1. The predicted molar refractivity (Wildman–Crippen MR) is 124 cm³/mol. The van der Waals surface area contributed by atoms with Gasteiger partial charge in [-0.15, -0.1) is 11.3 Å². The first-order valence-corrected chi connectivity index (χ1v) is 11.3. The van der Waals surface area contributed by atoms with E-state index in [1.54, 1.807) is 34.8 Å². The molecule has 3 heterocycles. The fourth-order valence-electron chi connectivity index (χ4n) is 3.38. The molecule has 0 spiro atoms. The Bertz CT molecular complexity index is 1350. The number of fused-ring (bicyclic) bond motifs is 2. The van der Waals surface area contributed by atoms with E-state index in [0.717, 1.165) is 42.3 Å². The average Bonchev–Trinajstić information content (AvgIpc) is 3.31. The van der Waals surface area contributed by atoms with Crippen molar-refractivity contribution in [3.05, 3.63) is 64.5 Å². The summed E-state index contributed by atoms with van der Waals surface area (Å²) in [5, 5.41) is 12.3. The first-order valence-electron chi connectivity index (χ1n) is 9.29. The zero-order valence-corrected chi connectivity index (χ0v) is 18.2. The standard InChI is InChI=1S/C23H17ClN2OS2/c1-12(2)18-11-16-19(15-5-3-4-6-17(15)24)20-23(26-22(16)28-18)29-21(25-20)13-7-9-14(27)10-8-13/h3-12,27H,1-2H3. The van der Waals surface area contributed by atoms with Crippen LogP contribution in [0.25, 0.3) is 42.3 Å². The number of halogens is 1. The summed E-state index contributed by atoms with van der Waals surface area (Å²) in [6, 6.07) is 17.2. The molecule has 144 valence electrons. The third-order valence-corrected chi connectivity index (χ3v) is 7.53. The van der Waals surface area contributed by atoms with Gasteiger partial charge in [-0.2, -0.15) is 0 Å². The maximum absolute atomic E-state index is 9.60. The van der Waals surface area contributed by atoms with Crippen molar-refractivity contribution in [1.29, 1.82) is 0 Å². The normalized spacial score (nSPS) is 11.7. The summed E-state index contributed by atoms with van der Waals surface area (Å²) in [4.78, 5) is 13.1. The summed E-state index contributed by atoms with van der Waals surface area (Å²) < 4.78 is 0. The third kappa shape index (κ3) is 3.19. The van der Waals surface area contributed by atoms with E-state index in [1.807, 2.05) is 36.4 Å². The molecule has 0 atom stereocenters. The SMILES string of the molecule is CC(C)c1cc2c(-c3ccccc3Cl)c3nc(-c4ccc(O)cc4)sc3nc2s1. The minimum Gasteiger partial charge on any atom is -0.508 e. The van der Waals surface area contributed by atoms with Crippen LogP contribution in [-0.4, -0.2) is 15.1 Å². The molecule has 3 nitrogen and oxygen atoms in total. The Morgan fingerprint density at radius 2 is 1.69 bits per heavy atom. The van der Waals surface area contributed by atoms with Crippen molar-refractivity contribution < 1.29 is 5.11 Å². The lowest BCUT2D eigenvalue weighted by atomic mass is 10.0. The Hall–Kier alpha value is -2.47. The molecule has 0 saturated heterocycles. The molecule has 0 saturated carbocycles. The van der Waals surface area contributed by atoms with Crippen LogP contribution in [0.3, 0.4) is 0 Å². The van der Waals surface area contributed by atoms with Crippen LogP contribution in [0.5, 0.6) is 5.75 Å². The third-order valence-electron chi connectivity index (χ3n) is 4.88. The van der Waals surface area contributed by atoms with Crippen LogP contribution >= 0.6 is 34.3 Å². The lowest BCUT2D eigenvalue weighted by molar-refractivity contribution is 0.475. The Morgan fingerprint density at radius 1 is 0.931 bits per heavy atom. The van der Waals surface area contributed by atoms with E-state index < -0.39 is 0 Å². The number of thiazole rings is 1. The van der Waals surface area contributed by atoms with E-state index in [9.17, 15) is 5.11 Å². The summed E-state index contributed by atoms with van der Waals surface area (Å²) in [5.41, 5.74) is 3.84.